The smallest absolute Gasteiger partial charge is 0.300 e. The van der Waals surface area contributed by atoms with Crippen molar-refractivity contribution >= 4 is 7.75 Å². The number of benzene rings is 1. The average Bonchev–Trinajstić information content (AvgIpc) is 2.39. The Kier molecular flexibility index (Phi) is 4.00. The number of fused-ring (bicyclic) bond motifs is 1. The molecule has 1 aliphatic carbocycles. The van der Waals surface area contributed by atoms with Gasteiger partial charge in [-0.25, -0.2) is 9.65 Å². The van der Waals surface area contributed by atoms with Crippen LogP contribution in [0.2, 0.25) is 0 Å². The first-order valence-electron chi connectivity index (χ1n) is 5.75. The van der Waals surface area contributed by atoms with Crippen molar-refractivity contribution < 1.29 is 13.6 Å². The SMILES string of the molecule is COP(=O)(NC1CCCc2ccccc21)OC. The van der Waals surface area contributed by atoms with Crippen molar-refractivity contribution in [3.05, 3.63) is 35.4 Å². The molecule has 0 aromatic heterocycles. The van der Waals surface area contributed by atoms with E-state index < -0.39 is 7.75 Å². The lowest BCUT2D eigenvalue weighted by Gasteiger charge is -2.28. The normalized spacial score (nSPS) is 20.0. The minimum Gasteiger partial charge on any atom is -0.300 e. The third-order valence-electron chi connectivity index (χ3n) is 3.16. The standard InChI is InChI=1S/C12H18NO3P/c1-15-17(14,16-2)13-12-9-5-7-10-6-3-4-8-11(10)12/h3-4,6,8,12H,5,7,9H2,1-2H3,(H,13,14). The van der Waals surface area contributed by atoms with Crippen molar-refractivity contribution in [2.24, 2.45) is 0 Å². The zero-order valence-electron chi connectivity index (χ0n) is 10.2. The summed E-state index contributed by atoms with van der Waals surface area (Å²) in [5.74, 6) is 0. The van der Waals surface area contributed by atoms with Gasteiger partial charge in [0, 0.05) is 20.3 Å². The molecule has 94 valence electrons. The number of aryl methyl sites for hydroxylation is 1. The van der Waals surface area contributed by atoms with E-state index in [0.717, 1.165) is 19.3 Å². The Labute approximate surface area is 102 Å². The van der Waals surface area contributed by atoms with Crippen molar-refractivity contribution in [3.63, 3.8) is 0 Å². The van der Waals surface area contributed by atoms with Crippen LogP contribution in [0.4, 0.5) is 0 Å². The van der Waals surface area contributed by atoms with Gasteiger partial charge in [0.05, 0.1) is 0 Å². The van der Waals surface area contributed by atoms with Gasteiger partial charge in [-0.1, -0.05) is 24.3 Å². The van der Waals surface area contributed by atoms with Crippen LogP contribution in [-0.2, 0) is 20.0 Å². The molecule has 1 aromatic carbocycles. The molecule has 5 heteroatoms. The van der Waals surface area contributed by atoms with E-state index in [1.165, 1.54) is 25.3 Å². The zero-order chi connectivity index (χ0) is 12.3. The van der Waals surface area contributed by atoms with Gasteiger partial charge in [-0.15, -0.1) is 0 Å². The van der Waals surface area contributed by atoms with Crippen LogP contribution in [-0.4, -0.2) is 14.2 Å². The van der Waals surface area contributed by atoms with Crippen LogP contribution in [0.1, 0.15) is 30.0 Å². The summed E-state index contributed by atoms with van der Waals surface area (Å²) in [4.78, 5) is 0. The summed E-state index contributed by atoms with van der Waals surface area (Å²) in [5.41, 5.74) is 2.52. The van der Waals surface area contributed by atoms with Gasteiger partial charge in [0.25, 0.3) is 0 Å². The molecule has 0 heterocycles. The lowest BCUT2D eigenvalue weighted by Crippen LogP contribution is -2.24. The van der Waals surface area contributed by atoms with Crippen LogP contribution in [0, 0.1) is 0 Å². The average molecular weight is 255 g/mol. The molecular formula is C12H18NO3P. The molecule has 0 saturated carbocycles. The van der Waals surface area contributed by atoms with E-state index >= 15 is 0 Å². The highest BCUT2D eigenvalue weighted by Crippen LogP contribution is 2.46. The van der Waals surface area contributed by atoms with E-state index in [9.17, 15) is 4.57 Å². The molecule has 1 N–H and O–H groups in total. The fraction of sp³-hybridized carbons (Fsp3) is 0.500. The minimum absolute atomic E-state index is 0.0469. The quantitative estimate of drug-likeness (QED) is 0.840. The Balaban J connectivity index is 2.22. The number of rotatable bonds is 4. The molecule has 0 amide bonds. The topological polar surface area (TPSA) is 47.6 Å². The van der Waals surface area contributed by atoms with E-state index in [4.69, 9.17) is 9.05 Å². The predicted molar refractivity (Wildman–Crippen MR) is 66.9 cm³/mol. The first-order valence-corrected chi connectivity index (χ1v) is 7.30. The Bertz CT molecular complexity index is 428. The van der Waals surface area contributed by atoms with Gasteiger partial charge in [0.2, 0.25) is 0 Å². The van der Waals surface area contributed by atoms with Gasteiger partial charge in [-0.3, -0.25) is 0 Å². The van der Waals surface area contributed by atoms with Gasteiger partial charge < -0.3 is 9.05 Å². The third-order valence-corrected chi connectivity index (χ3v) is 4.75. The summed E-state index contributed by atoms with van der Waals surface area (Å²) >= 11 is 0. The Morgan fingerprint density at radius 3 is 2.71 bits per heavy atom. The second-order valence-electron chi connectivity index (χ2n) is 4.14. The van der Waals surface area contributed by atoms with E-state index in [0.29, 0.717) is 0 Å². The Hall–Kier alpha value is -0.670. The highest BCUT2D eigenvalue weighted by atomic mass is 31.2. The van der Waals surface area contributed by atoms with Crippen LogP contribution in [0.5, 0.6) is 0 Å². The number of hydrogen-bond acceptors (Lipinski definition) is 3. The van der Waals surface area contributed by atoms with Crippen LogP contribution in [0.3, 0.4) is 0 Å². The van der Waals surface area contributed by atoms with Gasteiger partial charge in [0.15, 0.2) is 0 Å². The van der Waals surface area contributed by atoms with Gasteiger partial charge >= 0.3 is 7.75 Å². The van der Waals surface area contributed by atoms with Gasteiger partial charge in [-0.05, 0) is 30.4 Å². The maximum Gasteiger partial charge on any atom is 0.405 e. The van der Waals surface area contributed by atoms with Crippen molar-refractivity contribution in [2.75, 3.05) is 14.2 Å². The van der Waals surface area contributed by atoms with Crippen LogP contribution < -0.4 is 5.09 Å². The molecule has 0 bridgehead atoms. The molecular weight excluding hydrogens is 237 g/mol. The lowest BCUT2D eigenvalue weighted by atomic mass is 9.88. The molecule has 1 aromatic rings. The molecule has 1 unspecified atom stereocenters. The first-order chi connectivity index (χ1) is 8.18. The van der Waals surface area contributed by atoms with E-state index in [1.54, 1.807) is 0 Å². The monoisotopic (exact) mass is 255 g/mol. The second kappa shape index (κ2) is 5.32. The third kappa shape index (κ3) is 2.78. The largest absolute Gasteiger partial charge is 0.405 e. The van der Waals surface area contributed by atoms with Crippen molar-refractivity contribution in [2.45, 2.75) is 25.3 Å². The fourth-order valence-corrected chi connectivity index (χ4v) is 3.27. The summed E-state index contributed by atoms with van der Waals surface area (Å²) in [6, 6.07) is 8.28. The van der Waals surface area contributed by atoms with Crippen LogP contribution >= 0.6 is 7.75 Å². The van der Waals surface area contributed by atoms with E-state index in [1.807, 2.05) is 12.1 Å². The highest BCUT2D eigenvalue weighted by molar-refractivity contribution is 7.51. The lowest BCUT2D eigenvalue weighted by molar-refractivity contribution is 0.256. The summed E-state index contributed by atoms with van der Waals surface area (Å²) in [6.45, 7) is 0. The van der Waals surface area contributed by atoms with Gasteiger partial charge in [-0.2, -0.15) is 0 Å². The molecule has 1 aliphatic rings. The second-order valence-corrected chi connectivity index (χ2v) is 6.12. The summed E-state index contributed by atoms with van der Waals surface area (Å²) in [5, 5.41) is 3.00. The minimum atomic E-state index is -3.16. The molecule has 0 spiro atoms. The highest BCUT2D eigenvalue weighted by Gasteiger charge is 2.29. The molecule has 17 heavy (non-hydrogen) atoms. The fourth-order valence-electron chi connectivity index (χ4n) is 2.26. The number of hydrogen-bond donors (Lipinski definition) is 1. The molecule has 0 aliphatic heterocycles. The van der Waals surface area contributed by atoms with Crippen molar-refractivity contribution in [1.29, 1.82) is 0 Å². The van der Waals surface area contributed by atoms with Gasteiger partial charge in [0.1, 0.15) is 0 Å². The Morgan fingerprint density at radius 2 is 2.00 bits per heavy atom. The van der Waals surface area contributed by atoms with E-state index in [-0.39, 0.29) is 6.04 Å². The van der Waals surface area contributed by atoms with E-state index in [2.05, 4.69) is 17.2 Å². The molecule has 1 atom stereocenters. The Morgan fingerprint density at radius 1 is 1.29 bits per heavy atom. The maximum absolute atomic E-state index is 12.1. The first kappa shape index (κ1) is 12.8. The maximum atomic E-state index is 12.1. The predicted octanol–water partition coefficient (Wildman–Crippen LogP) is 3.05. The van der Waals surface area contributed by atoms with Crippen LogP contribution in [0.25, 0.3) is 0 Å². The molecule has 0 radical (unpaired) electrons. The summed E-state index contributed by atoms with van der Waals surface area (Å²) in [6.07, 6.45) is 3.12. The van der Waals surface area contributed by atoms with Crippen molar-refractivity contribution in [3.8, 4) is 0 Å². The van der Waals surface area contributed by atoms with Crippen molar-refractivity contribution in [1.82, 2.24) is 5.09 Å². The summed E-state index contributed by atoms with van der Waals surface area (Å²) in [7, 11) is -0.366. The van der Waals surface area contributed by atoms with Crippen LogP contribution in [0.15, 0.2) is 24.3 Å². The molecule has 0 saturated heterocycles. The number of nitrogens with one attached hydrogen (secondary N) is 1. The molecule has 4 nitrogen and oxygen atoms in total. The summed E-state index contributed by atoms with van der Waals surface area (Å²) < 4.78 is 21.9. The molecule has 2 rings (SSSR count). The zero-order valence-corrected chi connectivity index (χ0v) is 11.1. The molecule has 0 fully saturated rings.